The summed E-state index contributed by atoms with van der Waals surface area (Å²) in [6, 6.07) is 14.1. The summed E-state index contributed by atoms with van der Waals surface area (Å²) in [4.78, 5) is 12.4. The number of carbonyl (C=O) groups is 1. The molecule has 0 spiro atoms. The molecule has 0 unspecified atom stereocenters. The molecule has 0 atom stereocenters. The van der Waals surface area contributed by atoms with Crippen LogP contribution in [0.3, 0.4) is 0 Å². The Morgan fingerprint density at radius 2 is 1.85 bits per heavy atom. The van der Waals surface area contributed by atoms with E-state index >= 15 is 0 Å². The number of esters is 1. The highest BCUT2D eigenvalue weighted by Crippen LogP contribution is 2.41. The van der Waals surface area contributed by atoms with Gasteiger partial charge in [-0.3, -0.25) is 4.31 Å². The Labute approximate surface area is 157 Å². The van der Waals surface area contributed by atoms with E-state index in [0.29, 0.717) is 15.5 Å². The molecule has 0 bridgehead atoms. The average molecular weight is 436 g/mol. The number of ether oxygens (including phenoxy) is 1. The Bertz CT molecular complexity index is 1160. The van der Waals surface area contributed by atoms with E-state index in [9.17, 15) is 17.6 Å². The van der Waals surface area contributed by atoms with Gasteiger partial charge >= 0.3 is 5.97 Å². The van der Waals surface area contributed by atoms with Crippen LogP contribution in [0.4, 0.5) is 10.1 Å². The third kappa shape index (κ3) is 2.65. The van der Waals surface area contributed by atoms with Crippen molar-refractivity contribution in [2.24, 2.45) is 0 Å². The second-order valence-corrected chi connectivity index (χ2v) is 8.44. The fourth-order valence-corrected chi connectivity index (χ4v) is 4.95. The van der Waals surface area contributed by atoms with Crippen molar-refractivity contribution in [2.75, 3.05) is 10.8 Å². The Kier molecular flexibility index (Phi) is 3.96. The molecular weight excluding hydrogens is 425 g/mol. The molecule has 4 rings (SSSR count). The first-order valence-electron chi connectivity index (χ1n) is 7.58. The molecule has 8 heteroatoms. The fourth-order valence-electron chi connectivity index (χ4n) is 2.96. The van der Waals surface area contributed by atoms with Gasteiger partial charge < -0.3 is 4.74 Å². The number of carbonyl (C=O) groups excluding carboxylic acids is 1. The molecule has 3 aromatic carbocycles. The van der Waals surface area contributed by atoms with Crippen molar-refractivity contribution in [3.8, 4) is 5.75 Å². The minimum Gasteiger partial charge on any atom is -0.422 e. The molecular formula is C18H11BrFNO4S. The van der Waals surface area contributed by atoms with Crippen LogP contribution in [0.1, 0.15) is 0 Å². The summed E-state index contributed by atoms with van der Waals surface area (Å²) < 4.78 is 45.9. The maximum Gasteiger partial charge on any atom is 0.332 e. The van der Waals surface area contributed by atoms with Crippen molar-refractivity contribution in [2.45, 2.75) is 4.90 Å². The molecule has 0 saturated heterocycles. The SMILES string of the molecule is O=C(CN1c2cccc3cccc(c23)S1(=O)=O)Oc1ccc(Br)cc1F. The Morgan fingerprint density at radius 3 is 2.58 bits per heavy atom. The zero-order chi connectivity index (χ0) is 18.5. The van der Waals surface area contributed by atoms with Crippen molar-refractivity contribution in [1.82, 2.24) is 0 Å². The van der Waals surface area contributed by atoms with E-state index in [2.05, 4.69) is 15.9 Å². The molecule has 26 heavy (non-hydrogen) atoms. The topological polar surface area (TPSA) is 63.7 Å². The summed E-state index contributed by atoms with van der Waals surface area (Å²) in [5.74, 6) is -1.85. The number of sulfonamides is 1. The van der Waals surface area contributed by atoms with E-state index in [1.165, 1.54) is 18.2 Å². The van der Waals surface area contributed by atoms with E-state index in [1.807, 2.05) is 0 Å². The van der Waals surface area contributed by atoms with Gasteiger partial charge in [0.1, 0.15) is 6.54 Å². The van der Waals surface area contributed by atoms with Crippen LogP contribution in [0.25, 0.3) is 10.8 Å². The maximum absolute atomic E-state index is 13.8. The quantitative estimate of drug-likeness (QED) is 0.462. The minimum absolute atomic E-state index is 0.147. The van der Waals surface area contributed by atoms with E-state index in [4.69, 9.17) is 4.74 Å². The van der Waals surface area contributed by atoms with Crippen LogP contribution >= 0.6 is 15.9 Å². The lowest BCUT2D eigenvalue weighted by atomic mass is 10.1. The summed E-state index contributed by atoms with van der Waals surface area (Å²) in [6.07, 6.45) is 0. The molecule has 0 aliphatic carbocycles. The minimum atomic E-state index is -3.87. The number of halogens is 2. The molecule has 0 fully saturated rings. The highest BCUT2D eigenvalue weighted by molar-refractivity contribution is 9.10. The molecule has 5 nitrogen and oxygen atoms in total. The Balaban J connectivity index is 1.67. The molecule has 0 amide bonds. The zero-order valence-corrected chi connectivity index (χ0v) is 15.6. The van der Waals surface area contributed by atoms with E-state index in [-0.39, 0.29) is 10.6 Å². The van der Waals surface area contributed by atoms with Crippen molar-refractivity contribution in [3.05, 3.63) is 64.9 Å². The second-order valence-electron chi connectivity index (χ2n) is 5.69. The molecule has 1 aliphatic rings. The van der Waals surface area contributed by atoms with Crippen molar-refractivity contribution in [1.29, 1.82) is 0 Å². The Hall–Kier alpha value is -2.45. The Morgan fingerprint density at radius 1 is 1.12 bits per heavy atom. The van der Waals surface area contributed by atoms with Crippen LogP contribution in [0.5, 0.6) is 5.75 Å². The maximum atomic E-state index is 13.8. The normalized spacial score (nSPS) is 14.6. The third-order valence-electron chi connectivity index (χ3n) is 4.07. The lowest BCUT2D eigenvalue weighted by Gasteiger charge is -2.17. The average Bonchev–Trinajstić information content (AvgIpc) is 2.81. The van der Waals surface area contributed by atoms with Crippen molar-refractivity contribution in [3.63, 3.8) is 0 Å². The van der Waals surface area contributed by atoms with Gasteiger partial charge in [0.15, 0.2) is 11.6 Å². The molecule has 0 N–H and O–H groups in total. The molecule has 0 radical (unpaired) electrons. The van der Waals surface area contributed by atoms with E-state index in [0.717, 1.165) is 15.8 Å². The van der Waals surface area contributed by atoms with Crippen LogP contribution in [0, 0.1) is 5.82 Å². The summed E-state index contributed by atoms with van der Waals surface area (Å²) in [5.41, 5.74) is 0.409. The van der Waals surface area contributed by atoms with Crippen LogP contribution < -0.4 is 9.04 Å². The van der Waals surface area contributed by atoms with E-state index in [1.54, 1.807) is 30.3 Å². The molecule has 0 aromatic heterocycles. The van der Waals surface area contributed by atoms with Crippen LogP contribution in [0.2, 0.25) is 0 Å². The van der Waals surface area contributed by atoms with Gasteiger partial charge in [0, 0.05) is 9.86 Å². The highest BCUT2D eigenvalue weighted by atomic mass is 79.9. The van der Waals surface area contributed by atoms with Gasteiger partial charge in [-0.15, -0.1) is 0 Å². The van der Waals surface area contributed by atoms with Gasteiger partial charge in [0.2, 0.25) is 0 Å². The number of nitrogens with zero attached hydrogens (tertiary/aromatic N) is 1. The summed E-state index contributed by atoms with van der Waals surface area (Å²) in [5, 5.41) is 1.33. The number of hydrogen-bond acceptors (Lipinski definition) is 4. The second kappa shape index (κ2) is 6.07. The van der Waals surface area contributed by atoms with Crippen LogP contribution in [0.15, 0.2) is 64.0 Å². The van der Waals surface area contributed by atoms with Crippen molar-refractivity contribution < 1.29 is 22.3 Å². The van der Waals surface area contributed by atoms with Gasteiger partial charge in [-0.1, -0.05) is 40.2 Å². The van der Waals surface area contributed by atoms with Crippen LogP contribution in [-0.2, 0) is 14.8 Å². The summed E-state index contributed by atoms with van der Waals surface area (Å²) in [7, 11) is -3.87. The largest absolute Gasteiger partial charge is 0.422 e. The first-order valence-corrected chi connectivity index (χ1v) is 9.81. The number of benzene rings is 3. The van der Waals surface area contributed by atoms with E-state index < -0.39 is 28.4 Å². The summed E-state index contributed by atoms with van der Waals surface area (Å²) >= 11 is 3.11. The lowest BCUT2D eigenvalue weighted by Crippen LogP contribution is -2.34. The fraction of sp³-hybridized carbons (Fsp3) is 0.0556. The summed E-state index contributed by atoms with van der Waals surface area (Å²) in [6.45, 7) is -0.550. The first kappa shape index (κ1) is 17.0. The third-order valence-corrected chi connectivity index (χ3v) is 6.37. The first-order chi connectivity index (χ1) is 12.4. The van der Waals surface area contributed by atoms with Gasteiger partial charge in [-0.2, -0.15) is 0 Å². The molecule has 1 aliphatic heterocycles. The molecule has 0 saturated carbocycles. The predicted molar refractivity (Wildman–Crippen MR) is 98.2 cm³/mol. The number of rotatable bonds is 3. The van der Waals surface area contributed by atoms with Crippen molar-refractivity contribution >= 4 is 48.4 Å². The van der Waals surface area contributed by atoms with Crippen LogP contribution in [-0.4, -0.2) is 20.9 Å². The predicted octanol–water partition coefficient (Wildman–Crippen LogP) is 3.86. The monoisotopic (exact) mass is 435 g/mol. The van der Waals surface area contributed by atoms with Gasteiger partial charge in [0.25, 0.3) is 10.0 Å². The lowest BCUT2D eigenvalue weighted by molar-refractivity contribution is -0.132. The molecule has 132 valence electrons. The number of anilines is 1. The number of hydrogen-bond donors (Lipinski definition) is 0. The van der Waals surface area contributed by atoms with Gasteiger partial charge in [-0.25, -0.2) is 17.6 Å². The highest BCUT2D eigenvalue weighted by Gasteiger charge is 2.37. The molecule has 1 heterocycles. The molecule has 3 aromatic rings. The zero-order valence-electron chi connectivity index (χ0n) is 13.1. The van der Waals surface area contributed by atoms with Gasteiger partial charge in [-0.05, 0) is 35.7 Å². The smallest absolute Gasteiger partial charge is 0.332 e. The standard InChI is InChI=1S/C18H11BrFNO4S/c19-12-7-8-15(13(20)9-12)25-17(22)10-21-14-5-1-3-11-4-2-6-16(18(11)14)26(21,23)24/h1-9H,10H2. The van der Waals surface area contributed by atoms with Gasteiger partial charge in [0.05, 0.1) is 10.6 Å².